The first-order valence-electron chi connectivity index (χ1n) is 6.80. The molecule has 1 aromatic carbocycles. The van der Waals surface area contributed by atoms with Crippen LogP contribution in [0.15, 0.2) is 36.4 Å². The summed E-state index contributed by atoms with van der Waals surface area (Å²) in [6.07, 6.45) is 0.540. The number of hydrogen-bond acceptors (Lipinski definition) is 3. The van der Waals surface area contributed by atoms with Crippen LogP contribution in [0.5, 0.6) is 0 Å². The smallest absolute Gasteiger partial charge is 0.218 e. The molecule has 0 atom stereocenters. The summed E-state index contributed by atoms with van der Waals surface area (Å²) in [6, 6.07) is 8.99. The van der Waals surface area contributed by atoms with Gasteiger partial charge in [0.2, 0.25) is 10.0 Å². The minimum absolute atomic E-state index is 0.135. The molecule has 2 heterocycles. The maximum absolute atomic E-state index is 12.9. The third kappa shape index (κ3) is 3.29. The first-order chi connectivity index (χ1) is 10.4. The maximum Gasteiger partial charge on any atom is 0.218 e. The molecule has 116 valence electrons. The highest BCUT2D eigenvalue weighted by Gasteiger charge is 2.27. The van der Waals surface area contributed by atoms with Gasteiger partial charge in [0, 0.05) is 25.2 Å². The minimum atomic E-state index is -3.45. The molecule has 0 bridgehead atoms. The fraction of sp³-hybridized carbons (Fsp3) is 0.267. The SMILES string of the molecule is O=S(=O)(Cc1ccc(F)cc1)N1CCc2nc(Cl)ccc2C1. The van der Waals surface area contributed by atoms with Crippen LogP contribution < -0.4 is 0 Å². The van der Waals surface area contributed by atoms with Gasteiger partial charge in [-0.2, -0.15) is 4.31 Å². The van der Waals surface area contributed by atoms with E-state index < -0.39 is 10.0 Å². The molecular formula is C15H14ClFN2O2S. The molecule has 0 amide bonds. The van der Waals surface area contributed by atoms with Gasteiger partial charge in [0.05, 0.1) is 5.75 Å². The number of nitrogens with zero attached hydrogens (tertiary/aromatic N) is 2. The molecule has 0 saturated carbocycles. The number of aromatic nitrogens is 1. The Morgan fingerprint density at radius 2 is 1.91 bits per heavy atom. The summed E-state index contributed by atoms with van der Waals surface area (Å²) in [5.74, 6) is -0.514. The van der Waals surface area contributed by atoms with Crippen LogP contribution in [0.25, 0.3) is 0 Å². The average Bonchev–Trinajstić information content (AvgIpc) is 2.49. The van der Waals surface area contributed by atoms with Gasteiger partial charge in [0.25, 0.3) is 0 Å². The van der Waals surface area contributed by atoms with Crippen LogP contribution >= 0.6 is 11.6 Å². The molecule has 0 aliphatic carbocycles. The summed E-state index contributed by atoms with van der Waals surface area (Å²) in [6.45, 7) is 0.674. The molecule has 1 aliphatic heterocycles. The van der Waals surface area contributed by atoms with Crippen LogP contribution in [0.3, 0.4) is 0 Å². The van der Waals surface area contributed by atoms with E-state index in [2.05, 4.69) is 4.98 Å². The second kappa shape index (κ2) is 5.95. The Labute approximate surface area is 133 Å². The van der Waals surface area contributed by atoms with E-state index in [9.17, 15) is 12.8 Å². The van der Waals surface area contributed by atoms with Gasteiger partial charge in [-0.05, 0) is 29.3 Å². The highest BCUT2D eigenvalue weighted by molar-refractivity contribution is 7.88. The number of pyridine rings is 1. The van der Waals surface area contributed by atoms with E-state index in [1.165, 1.54) is 28.6 Å². The van der Waals surface area contributed by atoms with E-state index in [1.54, 1.807) is 6.07 Å². The lowest BCUT2D eigenvalue weighted by Gasteiger charge is -2.27. The zero-order chi connectivity index (χ0) is 15.7. The van der Waals surface area contributed by atoms with Crippen molar-refractivity contribution >= 4 is 21.6 Å². The van der Waals surface area contributed by atoms with Crippen LogP contribution in [-0.4, -0.2) is 24.3 Å². The van der Waals surface area contributed by atoms with E-state index in [4.69, 9.17) is 11.6 Å². The topological polar surface area (TPSA) is 50.3 Å². The van der Waals surface area contributed by atoms with Crippen LogP contribution in [-0.2, 0) is 28.7 Å². The molecule has 3 rings (SSSR count). The van der Waals surface area contributed by atoms with Gasteiger partial charge in [-0.15, -0.1) is 0 Å². The molecule has 7 heteroatoms. The van der Waals surface area contributed by atoms with Crippen molar-refractivity contribution in [3.05, 3.63) is 64.2 Å². The predicted octanol–water partition coefficient (Wildman–Crippen LogP) is 2.76. The molecule has 0 radical (unpaired) electrons. The highest BCUT2D eigenvalue weighted by Crippen LogP contribution is 2.23. The van der Waals surface area contributed by atoms with E-state index in [-0.39, 0.29) is 11.6 Å². The Hall–Kier alpha value is -1.50. The largest absolute Gasteiger partial charge is 0.241 e. The third-order valence-electron chi connectivity index (χ3n) is 3.63. The number of sulfonamides is 1. The lowest BCUT2D eigenvalue weighted by Crippen LogP contribution is -2.37. The van der Waals surface area contributed by atoms with Crippen molar-refractivity contribution in [1.82, 2.24) is 9.29 Å². The Morgan fingerprint density at radius 1 is 1.18 bits per heavy atom. The number of hydrogen-bond donors (Lipinski definition) is 0. The Balaban J connectivity index is 1.79. The van der Waals surface area contributed by atoms with Crippen molar-refractivity contribution in [2.45, 2.75) is 18.7 Å². The highest BCUT2D eigenvalue weighted by atomic mass is 35.5. The van der Waals surface area contributed by atoms with Crippen molar-refractivity contribution in [3.8, 4) is 0 Å². The molecule has 0 N–H and O–H groups in total. The lowest BCUT2D eigenvalue weighted by molar-refractivity contribution is 0.387. The quantitative estimate of drug-likeness (QED) is 0.807. The van der Waals surface area contributed by atoms with Crippen LogP contribution in [0.4, 0.5) is 4.39 Å². The molecule has 2 aromatic rings. The van der Waals surface area contributed by atoms with Gasteiger partial charge in [0.15, 0.2) is 0 Å². The summed E-state index contributed by atoms with van der Waals surface area (Å²) in [5.41, 5.74) is 2.29. The van der Waals surface area contributed by atoms with E-state index >= 15 is 0 Å². The monoisotopic (exact) mass is 340 g/mol. The Kier molecular flexibility index (Phi) is 4.16. The molecule has 22 heavy (non-hydrogen) atoms. The average molecular weight is 341 g/mol. The van der Waals surface area contributed by atoms with Crippen molar-refractivity contribution in [3.63, 3.8) is 0 Å². The fourth-order valence-electron chi connectivity index (χ4n) is 2.48. The molecule has 4 nitrogen and oxygen atoms in total. The summed E-state index contributed by atoms with van der Waals surface area (Å²) in [5, 5.41) is 0.418. The third-order valence-corrected chi connectivity index (χ3v) is 5.64. The molecule has 0 spiro atoms. The molecule has 1 aromatic heterocycles. The van der Waals surface area contributed by atoms with E-state index in [0.717, 1.165) is 11.3 Å². The van der Waals surface area contributed by atoms with Crippen molar-refractivity contribution in [2.75, 3.05) is 6.54 Å². The van der Waals surface area contributed by atoms with Gasteiger partial charge in [-0.3, -0.25) is 0 Å². The van der Waals surface area contributed by atoms with Crippen molar-refractivity contribution in [2.24, 2.45) is 0 Å². The lowest BCUT2D eigenvalue weighted by atomic mass is 10.1. The maximum atomic E-state index is 12.9. The minimum Gasteiger partial charge on any atom is -0.241 e. The molecule has 0 saturated heterocycles. The summed E-state index contributed by atoms with van der Waals surface area (Å²) >= 11 is 5.85. The summed E-state index contributed by atoms with van der Waals surface area (Å²) in [7, 11) is -3.45. The van der Waals surface area contributed by atoms with E-state index in [0.29, 0.717) is 30.2 Å². The molecule has 0 fully saturated rings. The Bertz CT molecular complexity index is 794. The number of benzene rings is 1. The standard InChI is InChI=1S/C15H14ClFN2O2S/c16-15-6-3-12-9-19(8-7-14(12)18-15)22(20,21)10-11-1-4-13(17)5-2-11/h1-6H,7-10H2. The second-order valence-corrected chi connectivity index (χ2v) is 7.56. The molecule has 1 aliphatic rings. The first kappa shape index (κ1) is 15.4. The van der Waals surface area contributed by atoms with Gasteiger partial charge >= 0.3 is 0 Å². The van der Waals surface area contributed by atoms with Gasteiger partial charge in [0.1, 0.15) is 11.0 Å². The number of halogens is 2. The summed E-state index contributed by atoms with van der Waals surface area (Å²) in [4.78, 5) is 4.23. The van der Waals surface area contributed by atoms with Gasteiger partial charge in [-0.25, -0.2) is 17.8 Å². The zero-order valence-electron chi connectivity index (χ0n) is 11.7. The number of fused-ring (bicyclic) bond motifs is 1. The molecular weight excluding hydrogens is 327 g/mol. The zero-order valence-corrected chi connectivity index (χ0v) is 13.2. The fourth-order valence-corrected chi connectivity index (χ4v) is 4.15. The van der Waals surface area contributed by atoms with E-state index in [1.807, 2.05) is 6.07 Å². The van der Waals surface area contributed by atoms with Crippen LogP contribution in [0.1, 0.15) is 16.8 Å². The van der Waals surface area contributed by atoms with Crippen molar-refractivity contribution < 1.29 is 12.8 Å². The molecule has 0 unspecified atom stereocenters. The van der Waals surface area contributed by atoms with Gasteiger partial charge < -0.3 is 0 Å². The normalized spacial score (nSPS) is 15.5. The number of rotatable bonds is 3. The van der Waals surface area contributed by atoms with Crippen molar-refractivity contribution in [1.29, 1.82) is 0 Å². The van der Waals surface area contributed by atoms with Crippen LogP contribution in [0, 0.1) is 5.82 Å². The second-order valence-electron chi connectivity index (χ2n) is 5.21. The Morgan fingerprint density at radius 3 is 2.64 bits per heavy atom. The predicted molar refractivity (Wildman–Crippen MR) is 82.4 cm³/mol. The van der Waals surface area contributed by atoms with Crippen LogP contribution in [0.2, 0.25) is 5.15 Å². The first-order valence-corrected chi connectivity index (χ1v) is 8.79. The summed E-state index contributed by atoms with van der Waals surface area (Å²) < 4.78 is 39.3. The van der Waals surface area contributed by atoms with Gasteiger partial charge in [-0.1, -0.05) is 29.8 Å².